The number of ketones is 1. The van der Waals surface area contributed by atoms with Gasteiger partial charge in [-0.05, 0) is 43.0 Å². The summed E-state index contributed by atoms with van der Waals surface area (Å²) >= 11 is 0. The van der Waals surface area contributed by atoms with Gasteiger partial charge in [-0.25, -0.2) is 4.79 Å². The Labute approximate surface area is 146 Å². The van der Waals surface area contributed by atoms with Crippen molar-refractivity contribution in [2.24, 2.45) is 0 Å². The average molecular weight is 336 g/mol. The van der Waals surface area contributed by atoms with E-state index in [9.17, 15) is 14.4 Å². The molecule has 1 atom stereocenters. The first-order chi connectivity index (χ1) is 11.9. The Kier molecular flexibility index (Phi) is 4.17. The molecule has 1 aliphatic heterocycles. The highest BCUT2D eigenvalue weighted by molar-refractivity contribution is 6.11. The fourth-order valence-corrected chi connectivity index (χ4v) is 3.16. The number of carbonyl (C=O) groups is 3. The maximum Gasteiger partial charge on any atom is 0.325 e. The third-order valence-corrected chi connectivity index (χ3v) is 4.63. The van der Waals surface area contributed by atoms with Gasteiger partial charge in [0.25, 0.3) is 5.91 Å². The summed E-state index contributed by atoms with van der Waals surface area (Å²) in [6, 6.07) is 14.3. The summed E-state index contributed by atoms with van der Waals surface area (Å²) in [5.41, 5.74) is 2.17. The second kappa shape index (κ2) is 6.16. The van der Waals surface area contributed by atoms with Crippen molar-refractivity contribution in [3.05, 3.63) is 70.8 Å². The topological polar surface area (TPSA) is 66.5 Å². The van der Waals surface area contributed by atoms with Crippen molar-refractivity contribution >= 4 is 17.7 Å². The van der Waals surface area contributed by atoms with Crippen molar-refractivity contribution in [3.63, 3.8) is 0 Å². The largest absolute Gasteiger partial charge is 0.325 e. The van der Waals surface area contributed by atoms with E-state index in [2.05, 4.69) is 5.32 Å². The monoisotopic (exact) mass is 336 g/mol. The quantitative estimate of drug-likeness (QED) is 0.873. The van der Waals surface area contributed by atoms with Crippen molar-refractivity contribution in [3.8, 4) is 0 Å². The molecule has 0 aliphatic carbocycles. The first kappa shape index (κ1) is 16.9. The molecular weight excluding hydrogens is 316 g/mol. The first-order valence-corrected chi connectivity index (χ1v) is 8.13. The Morgan fingerprint density at radius 1 is 1.00 bits per heavy atom. The van der Waals surface area contributed by atoms with Gasteiger partial charge < -0.3 is 5.32 Å². The van der Waals surface area contributed by atoms with E-state index in [0.717, 1.165) is 16.0 Å². The number of benzene rings is 2. The van der Waals surface area contributed by atoms with Crippen LogP contribution in [-0.2, 0) is 15.1 Å². The number of hydrogen-bond donors (Lipinski definition) is 1. The lowest BCUT2D eigenvalue weighted by atomic mass is 9.81. The van der Waals surface area contributed by atoms with E-state index in [0.29, 0.717) is 11.1 Å². The van der Waals surface area contributed by atoms with Gasteiger partial charge in [-0.1, -0.05) is 48.5 Å². The van der Waals surface area contributed by atoms with E-state index in [1.165, 1.54) is 6.92 Å². The first-order valence-electron chi connectivity index (χ1n) is 8.13. The minimum atomic E-state index is -1.31. The van der Waals surface area contributed by atoms with Gasteiger partial charge in [-0.2, -0.15) is 0 Å². The SMILES string of the molecule is CC(=O)CN1C(=O)NC(c2ccccc2)(c2ccc(C)c(C)c2)C1=O. The van der Waals surface area contributed by atoms with Crippen LogP contribution < -0.4 is 5.32 Å². The maximum absolute atomic E-state index is 13.3. The summed E-state index contributed by atoms with van der Waals surface area (Å²) in [4.78, 5) is 38.2. The lowest BCUT2D eigenvalue weighted by Gasteiger charge is -2.28. The number of imide groups is 1. The van der Waals surface area contributed by atoms with Crippen LogP contribution in [0.4, 0.5) is 4.79 Å². The number of hydrogen-bond acceptors (Lipinski definition) is 3. The molecule has 1 fully saturated rings. The second-order valence-electron chi connectivity index (χ2n) is 6.44. The minimum Gasteiger partial charge on any atom is -0.315 e. The lowest BCUT2D eigenvalue weighted by molar-refractivity contribution is -0.133. The molecule has 2 aromatic rings. The van der Waals surface area contributed by atoms with Crippen LogP contribution in [0, 0.1) is 13.8 Å². The molecule has 0 bridgehead atoms. The Morgan fingerprint density at radius 2 is 1.68 bits per heavy atom. The minimum absolute atomic E-state index is 0.232. The van der Waals surface area contributed by atoms with Gasteiger partial charge in [0, 0.05) is 0 Å². The molecule has 0 spiro atoms. The van der Waals surface area contributed by atoms with Crippen LogP contribution >= 0.6 is 0 Å². The molecule has 3 amide bonds. The number of carbonyl (C=O) groups excluding carboxylic acids is 3. The smallest absolute Gasteiger partial charge is 0.315 e. The lowest BCUT2D eigenvalue weighted by Crippen LogP contribution is -2.45. The van der Waals surface area contributed by atoms with E-state index < -0.39 is 17.5 Å². The van der Waals surface area contributed by atoms with Crippen LogP contribution in [0.5, 0.6) is 0 Å². The second-order valence-corrected chi connectivity index (χ2v) is 6.44. The number of aryl methyl sites for hydroxylation is 2. The molecule has 128 valence electrons. The zero-order valence-electron chi connectivity index (χ0n) is 14.5. The Morgan fingerprint density at radius 3 is 2.28 bits per heavy atom. The Hall–Kier alpha value is -2.95. The number of Topliss-reactive ketones (excluding diaryl/α,β-unsaturated/α-hetero) is 1. The molecule has 3 rings (SSSR count). The summed E-state index contributed by atoms with van der Waals surface area (Å²) in [6.07, 6.45) is 0. The fraction of sp³-hybridized carbons (Fsp3) is 0.250. The summed E-state index contributed by atoms with van der Waals surface area (Å²) in [5, 5.41) is 2.84. The van der Waals surface area contributed by atoms with Gasteiger partial charge in [0.05, 0.1) is 6.54 Å². The summed E-state index contributed by atoms with van der Waals surface area (Å²) in [7, 11) is 0. The maximum atomic E-state index is 13.3. The van der Waals surface area contributed by atoms with Crippen molar-refractivity contribution in [1.82, 2.24) is 10.2 Å². The molecule has 5 nitrogen and oxygen atoms in total. The molecule has 1 heterocycles. The average Bonchev–Trinajstić information content (AvgIpc) is 2.83. The Bertz CT molecular complexity index is 860. The molecule has 0 aromatic heterocycles. The number of nitrogens with one attached hydrogen (secondary N) is 1. The molecule has 1 saturated heterocycles. The predicted octanol–water partition coefficient (Wildman–Crippen LogP) is 2.69. The fourth-order valence-electron chi connectivity index (χ4n) is 3.16. The summed E-state index contributed by atoms with van der Waals surface area (Å²) < 4.78 is 0. The normalized spacial score (nSPS) is 19.9. The van der Waals surface area contributed by atoms with E-state index >= 15 is 0 Å². The molecule has 1 N–H and O–H groups in total. The highest BCUT2D eigenvalue weighted by Gasteiger charge is 2.53. The zero-order valence-corrected chi connectivity index (χ0v) is 14.5. The van der Waals surface area contributed by atoms with E-state index in [1.54, 1.807) is 0 Å². The van der Waals surface area contributed by atoms with Crippen molar-refractivity contribution in [2.45, 2.75) is 26.3 Å². The molecular formula is C20H20N2O3. The van der Waals surface area contributed by atoms with Crippen molar-refractivity contribution in [2.75, 3.05) is 6.54 Å². The third-order valence-electron chi connectivity index (χ3n) is 4.63. The van der Waals surface area contributed by atoms with Crippen LogP contribution in [-0.4, -0.2) is 29.2 Å². The highest BCUT2D eigenvalue weighted by Crippen LogP contribution is 2.36. The molecule has 1 unspecified atom stereocenters. The molecule has 0 saturated carbocycles. The van der Waals surface area contributed by atoms with Crippen LogP contribution in [0.15, 0.2) is 48.5 Å². The number of amides is 3. The molecule has 2 aromatic carbocycles. The predicted molar refractivity (Wildman–Crippen MR) is 94.1 cm³/mol. The van der Waals surface area contributed by atoms with Gasteiger partial charge in [0.1, 0.15) is 5.78 Å². The summed E-state index contributed by atoms with van der Waals surface area (Å²) in [5.74, 6) is -0.672. The van der Waals surface area contributed by atoms with Gasteiger partial charge in [0.2, 0.25) is 0 Å². The van der Waals surface area contributed by atoms with Gasteiger partial charge in [0.15, 0.2) is 5.54 Å². The van der Waals surface area contributed by atoms with Crippen LogP contribution in [0.3, 0.4) is 0 Å². The molecule has 5 heteroatoms. The van der Waals surface area contributed by atoms with E-state index in [4.69, 9.17) is 0 Å². The van der Waals surface area contributed by atoms with Crippen LogP contribution in [0.1, 0.15) is 29.2 Å². The van der Waals surface area contributed by atoms with Gasteiger partial charge >= 0.3 is 6.03 Å². The zero-order chi connectivity index (χ0) is 18.2. The van der Waals surface area contributed by atoms with Crippen LogP contribution in [0.25, 0.3) is 0 Å². The van der Waals surface area contributed by atoms with E-state index in [1.807, 2.05) is 62.4 Å². The molecule has 1 aliphatic rings. The number of urea groups is 1. The van der Waals surface area contributed by atoms with E-state index in [-0.39, 0.29) is 12.3 Å². The summed E-state index contributed by atoms with van der Waals surface area (Å²) in [6.45, 7) is 5.08. The standard InChI is InChI=1S/C20H20N2O3/c1-13-9-10-17(11-14(13)2)20(16-7-5-4-6-8-16)18(24)22(12-15(3)23)19(25)21-20/h4-11H,12H2,1-3H3,(H,21,25). The van der Waals surface area contributed by atoms with Gasteiger partial charge in [-0.3, -0.25) is 14.5 Å². The Balaban J connectivity index is 2.21. The van der Waals surface area contributed by atoms with Crippen LogP contribution in [0.2, 0.25) is 0 Å². The third kappa shape index (κ3) is 2.71. The highest BCUT2D eigenvalue weighted by atomic mass is 16.2. The molecule has 25 heavy (non-hydrogen) atoms. The number of nitrogens with zero attached hydrogens (tertiary/aromatic N) is 1. The number of rotatable bonds is 4. The molecule has 0 radical (unpaired) electrons. The van der Waals surface area contributed by atoms with Crippen molar-refractivity contribution < 1.29 is 14.4 Å². The van der Waals surface area contributed by atoms with Gasteiger partial charge in [-0.15, -0.1) is 0 Å². The van der Waals surface area contributed by atoms with Crippen molar-refractivity contribution in [1.29, 1.82) is 0 Å².